The average Bonchev–Trinajstić information content (AvgIpc) is 2.52. The maximum absolute atomic E-state index is 11.6. The van der Waals surface area contributed by atoms with Crippen LogP contribution in [-0.4, -0.2) is 37.0 Å². The highest BCUT2D eigenvalue weighted by Gasteiger charge is 2.02. The zero-order chi connectivity index (χ0) is 15.5. The third-order valence-electron chi connectivity index (χ3n) is 3.39. The second kappa shape index (κ2) is 10.1. The lowest BCUT2D eigenvalue weighted by molar-refractivity contribution is -0.120. The van der Waals surface area contributed by atoms with Crippen LogP contribution in [0, 0.1) is 0 Å². The fraction of sp³-hybridized carbons (Fsp3) is 0.471. The molecule has 4 nitrogen and oxygen atoms in total. The molecule has 1 amide bonds. The lowest BCUT2D eigenvalue weighted by Gasteiger charge is -2.18. The highest BCUT2D eigenvalue weighted by atomic mass is 16.1. The van der Waals surface area contributed by atoms with Crippen LogP contribution in [0.2, 0.25) is 0 Å². The Hall–Kier alpha value is -1.65. The number of rotatable bonds is 10. The molecule has 0 spiro atoms. The van der Waals surface area contributed by atoms with Crippen molar-refractivity contribution in [1.82, 2.24) is 15.5 Å². The molecule has 21 heavy (non-hydrogen) atoms. The monoisotopic (exact) mass is 289 g/mol. The summed E-state index contributed by atoms with van der Waals surface area (Å²) in [4.78, 5) is 13.9. The first kappa shape index (κ1) is 17.4. The molecule has 1 aromatic rings. The third-order valence-corrected chi connectivity index (χ3v) is 3.39. The largest absolute Gasteiger partial charge is 0.351 e. The van der Waals surface area contributed by atoms with E-state index in [1.54, 1.807) is 6.08 Å². The van der Waals surface area contributed by atoms with E-state index in [0.717, 1.165) is 25.2 Å². The van der Waals surface area contributed by atoms with Crippen molar-refractivity contribution >= 4 is 5.91 Å². The van der Waals surface area contributed by atoms with Gasteiger partial charge in [0.2, 0.25) is 5.91 Å². The van der Waals surface area contributed by atoms with Crippen molar-refractivity contribution in [1.29, 1.82) is 0 Å². The summed E-state index contributed by atoms with van der Waals surface area (Å²) >= 11 is 0. The highest BCUT2D eigenvalue weighted by molar-refractivity contribution is 5.77. The molecule has 0 saturated carbocycles. The minimum Gasteiger partial charge on any atom is -0.351 e. The Bertz CT molecular complexity index is 424. The van der Waals surface area contributed by atoms with E-state index in [4.69, 9.17) is 0 Å². The van der Waals surface area contributed by atoms with Crippen LogP contribution in [0.15, 0.2) is 36.9 Å². The van der Waals surface area contributed by atoms with E-state index in [9.17, 15) is 4.79 Å². The van der Waals surface area contributed by atoms with Crippen molar-refractivity contribution < 1.29 is 4.79 Å². The Morgan fingerprint density at radius 1 is 1.19 bits per heavy atom. The number of carbonyl (C=O) groups excluding carboxylic acids is 1. The molecule has 0 aliphatic heterocycles. The van der Waals surface area contributed by atoms with Gasteiger partial charge >= 0.3 is 0 Å². The first-order chi connectivity index (χ1) is 10.2. The molecule has 0 aliphatic rings. The van der Waals surface area contributed by atoms with Crippen molar-refractivity contribution in [2.24, 2.45) is 0 Å². The summed E-state index contributed by atoms with van der Waals surface area (Å²) in [5, 5.41) is 5.87. The fourth-order valence-electron chi connectivity index (χ4n) is 2.02. The van der Waals surface area contributed by atoms with Crippen molar-refractivity contribution in [3.8, 4) is 0 Å². The fourth-order valence-corrected chi connectivity index (χ4v) is 2.02. The first-order valence-corrected chi connectivity index (χ1v) is 7.58. The van der Waals surface area contributed by atoms with Gasteiger partial charge in [-0.3, -0.25) is 9.69 Å². The third kappa shape index (κ3) is 7.06. The van der Waals surface area contributed by atoms with Gasteiger partial charge in [0.05, 0.1) is 6.54 Å². The topological polar surface area (TPSA) is 44.4 Å². The van der Waals surface area contributed by atoms with Gasteiger partial charge in [-0.1, -0.05) is 44.2 Å². The Kier molecular flexibility index (Phi) is 8.40. The molecule has 2 N–H and O–H groups in total. The number of nitrogens with one attached hydrogen (secondary N) is 2. The van der Waals surface area contributed by atoms with E-state index in [1.807, 2.05) is 0 Å². The highest BCUT2D eigenvalue weighted by Crippen LogP contribution is 2.07. The second-order valence-electron chi connectivity index (χ2n) is 4.97. The van der Waals surface area contributed by atoms with Gasteiger partial charge in [-0.05, 0) is 24.2 Å². The molecule has 0 atom stereocenters. The SMILES string of the molecule is C=CCNCC(=O)NCc1ccc(CN(CC)CC)cc1. The number of carbonyl (C=O) groups is 1. The summed E-state index contributed by atoms with van der Waals surface area (Å²) in [7, 11) is 0. The maximum atomic E-state index is 11.6. The number of nitrogens with zero attached hydrogens (tertiary/aromatic N) is 1. The Morgan fingerprint density at radius 2 is 1.81 bits per heavy atom. The molecular formula is C17H27N3O. The van der Waals surface area contributed by atoms with Gasteiger partial charge in [0.1, 0.15) is 0 Å². The minimum absolute atomic E-state index is 0.00377. The van der Waals surface area contributed by atoms with E-state index in [2.05, 4.69) is 60.2 Å². The van der Waals surface area contributed by atoms with Crippen LogP contribution in [0.5, 0.6) is 0 Å². The van der Waals surface area contributed by atoms with E-state index in [1.165, 1.54) is 5.56 Å². The van der Waals surface area contributed by atoms with E-state index in [-0.39, 0.29) is 5.91 Å². The lowest BCUT2D eigenvalue weighted by atomic mass is 10.1. The van der Waals surface area contributed by atoms with Crippen LogP contribution in [0.4, 0.5) is 0 Å². The van der Waals surface area contributed by atoms with Gasteiger partial charge in [-0.25, -0.2) is 0 Å². The molecule has 0 saturated heterocycles. The van der Waals surface area contributed by atoms with E-state index in [0.29, 0.717) is 19.6 Å². The average molecular weight is 289 g/mol. The predicted molar refractivity (Wildman–Crippen MR) is 88.0 cm³/mol. The smallest absolute Gasteiger partial charge is 0.234 e. The van der Waals surface area contributed by atoms with Gasteiger partial charge in [-0.15, -0.1) is 6.58 Å². The van der Waals surface area contributed by atoms with Crippen molar-refractivity contribution in [2.45, 2.75) is 26.9 Å². The molecular weight excluding hydrogens is 262 g/mol. The molecule has 0 fully saturated rings. The second-order valence-corrected chi connectivity index (χ2v) is 4.97. The quantitative estimate of drug-likeness (QED) is 0.511. The Morgan fingerprint density at radius 3 is 2.38 bits per heavy atom. The summed E-state index contributed by atoms with van der Waals surface area (Å²) < 4.78 is 0. The molecule has 0 aromatic heterocycles. The van der Waals surface area contributed by atoms with Gasteiger partial charge in [-0.2, -0.15) is 0 Å². The van der Waals surface area contributed by atoms with Gasteiger partial charge in [0.15, 0.2) is 0 Å². The standard InChI is InChI=1S/C17H27N3O/c1-4-11-18-13-17(21)19-12-15-7-9-16(10-8-15)14-20(5-2)6-3/h4,7-10,18H,1,5-6,11-14H2,2-3H3,(H,19,21). The summed E-state index contributed by atoms with van der Waals surface area (Å²) in [5.41, 5.74) is 2.43. The summed E-state index contributed by atoms with van der Waals surface area (Å²) in [6.07, 6.45) is 1.74. The molecule has 0 unspecified atom stereocenters. The van der Waals surface area contributed by atoms with Gasteiger partial charge in [0.25, 0.3) is 0 Å². The Balaban J connectivity index is 2.37. The maximum Gasteiger partial charge on any atom is 0.234 e. The summed E-state index contributed by atoms with van der Waals surface area (Å²) in [5.74, 6) is 0.00377. The zero-order valence-corrected chi connectivity index (χ0v) is 13.2. The zero-order valence-electron chi connectivity index (χ0n) is 13.2. The van der Waals surface area contributed by atoms with Gasteiger partial charge in [0, 0.05) is 19.6 Å². The molecule has 0 bridgehead atoms. The predicted octanol–water partition coefficient (Wildman–Crippen LogP) is 1.92. The number of hydrogen-bond acceptors (Lipinski definition) is 3. The molecule has 0 aliphatic carbocycles. The lowest BCUT2D eigenvalue weighted by Crippen LogP contribution is -2.33. The van der Waals surface area contributed by atoms with Crippen molar-refractivity contribution in [2.75, 3.05) is 26.2 Å². The molecule has 116 valence electrons. The summed E-state index contributed by atoms with van der Waals surface area (Å²) in [6.45, 7) is 12.6. The number of amides is 1. The van der Waals surface area contributed by atoms with Crippen LogP contribution in [0.1, 0.15) is 25.0 Å². The van der Waals surface area contributed by atoms with Crippen LogP contribution in [0.25, 0.3) is 0 Å². The molecule has 1 rings (SSSR count). The first-order valence-electron chi connectivity index (χ1n) is 7.58. The van der Waals surface area contributed by atoms with Crippen LogP contribution < -0.4 is 10.6 Å². The molecule has 4 heteroatoms. The minimum atomic E-state index is 0.00377. The number of benzene rings is 1. The van der Waals surface area contributed by atoms with Crippen LogP contribution in [0.3, 0.4) is 0 Å². The van der Waals surface area contributed by atoms with E-state index >= 15 is 0 Å². The Labute approximate surface area is 128 Å². The van der Waals surface area contributed by atoms with E-state index < -0.39 is 0 Å². The van der Waals surface area contributed by atoms with Crippen molar-refractivity contribution in [3.05, 3.63) is 48.0 Å². The van der Waals surface area contributed by atoms with Crippen LogP contribution >= 0.6 is 0 Å². The van der Waals surface area contributed by atoms with Crippen LogP contribution in [-0.2, 0) is 17.9 Å². The van der Waals surface area contributed by atoms with Gasteiger partial charge < -0.3 is 10.6 Å². The number of hydrogen-bond donors (Lipinski definition) is 2. The molecule has 0 heterocycles. The normalized spacial score (nSPS) is 10.6. The molecule has 0 radical (unpaired) electrons. The molecule has 1 aromatic carbocycles. The van der Waals surface area contributed by atoms with Crippen molar-refractivity contribution in [3.63, 3.8) is 0 Å². The summed E-state index contributed by atoms with van der Waals surface area (Å²) in [6, 6.07) is 8.43.